The molecule has 0 aliphatic carbocycles. The third kappa shape index (κ3) is 2.98. The number of rotatable bonds is 4. The topological polar surface area (TPSA) is 97.5 Å². The predicted octanol–water partition coefficient (Wildman–Crippen LogP) is 2.26. The molecule has 1 aromatic carbocycles. The van der Waals surface area contributed by atoms with Gasteiger partial charge in [-0.15, -0.1) is 0 Å². The Morgan fingerprint density at radius 3 is 2.53 bits per heavy atom. The standard InChI is InChI=1S/C9H10FNO5S/c1-2-8(10)7-5-6(11(12)13)3-4-9(7)17(14,15)16/h3-5,8H,2H2,1H3,(H,14,15,16). The Bertz CT molecular complexity index is 542. The van der Waals surface area contributed by atoms with E-state index in [4.69, 9.17) is 4.55 Å². The maximum absolute atomic E-state index is 13.5. The summed E-state index contributed by atoms with van der Waals surface area (Å²) < 4.78 is 44.3. The molecule has 6 nitrogen and oxygen atoms in total. The summed E-state index contributed by atoms with van der Waals surface area (Å²) in [5, 5.41) is 10.5. The van der Waals surface area contributed by atoms with Gasteiger partial charge in [-0.2, -0.15) is 8.42 Å². The second-order valence-corrected chi connectivity index (χ2v) is 4.72. The van der Waals surface area contributed by atoms with Crippen molar-refractivity contribution >= 4 is 15.8 Å². The summed E-state index contributed by atoms with van der Waals surface area (Å²) in [6.07, 6.45) is -1.74. The number of nitro benzene ring substituents is 1. The first kappa shape index (κ1) is 13.5. The van der Waals surface area contributed by atoms with Gasteiger partial charge >= 0.3 is 0 Å². The van der Waals surface area contributed by atoms with E-state index in [2.05, 4.69) is 0 Å². The van der Waals surface area contributed by atoms with Gasteiger partial charge in [0.1, 0.15) is 11.1 Å². The van der Waals surface area contributed by atoms with Crippen LogP contribution in [0.1, 0.15) is 25.1 Å². The van der Waals surface area contributed by atoms with Gasteiger partial charge < -0.3 is 0 Å². The Balaban J connectivity index is 3.47. The summed E-state index contributed by atoms with van der Waals surface area (Å²) in [5.74, 6) is 0. The molecule has 0 aromatic heterocycles. The molecule has 94 valence electrons. The first-order valence-electron chi connectivity index (χ1n) is 4.67. The summed E-state index contributed by atoms with van der Waals surface area (Å²) in [5.41, 5.74) is -0.826. The molecule has 0 aliphatic heterocycles. The molecule has 1 aromatic rings. The van der Waals surface area contributed by atoms with Gasteiger partial charge in [0, 0.05) is 17.7 Å². The van der Waals surface area contributed by atoms with Gasteiger partial charge in [-0.3, -0.25) is 14.7 Å². The van der Waals surface area contributed by atoms with E-state index in [0.29, 0.717) is 0 Å². The van der Waals surface area contributed by atoms with Crippen molar-refractivity contribution in [2.75, 3.05) is 0 Å². The fourth-order valence-corrected chi connectivity index (χ4v) is 2.07. The molecule has 0 aliphatic rings. The highest BCUT2D eigenvalue weighted by Crippen LogP contribution is 2.30. The van der Waals surface area contributed by atoms with Crippen molar-refractivity contribution in [2.45, 2.75) is 24.4 Å². The summed E-state index contributed by atoms with van der Waals surface area (Å²) in [4.78, 5) is 9.09. The lowest BCUT2D eigenvalue weighted by Crippen LogP contribution is -2.06. The molecule has 0 saturated heterocycles. The van der Waals surface area contributed by atoms with Crippen LogP contribution in [0.25, 0.3) is 0 Å². The van der Waals surface area contributed by atoms with Crippen LogP contribution in [0.15, 0.2) is 23.1 Å². The van der Waals surface area contributed by atoms with Crippen molar-refractivity contribution in [2.24, 2.45) is 0 Å². The van der Waals surface area contributed by atoms with Crippen LogP contribution in [0.2, 0.25) is 0 Å². The molecule has 1 atom stereocenters. The van der Waals surface area contributed by atoms with Crippen molar-refractivity contribution in [3.8, 4) is 0 Å². The van der Waals surface area contributed by atoms with Crippen molar-refractivity contribution < 1.29 is 22.3 Å². The summed E-state index contributed by atoms with van der Waals surface area (Å²) in [6, 6.07) is 2.54. The normalized spacial score (nSPS) is 13.4. The molecule has 0 spiro atoms. The molecule has 0 amide bonds. The SMILES string of the molecule is CCC(F)c1cc([N+](=O)[O-])ccc1S(=O)(=O)O. The van der Waals surface area contributed by atoms with Crippen LogP contribution < -0.4 is 0 Å². The number of benzene rings is 1. The van der Waals surface area contributed by atoms with E-state index < -0.39 is 37.4 Å². The molecule has 1 N–H and O–H groups in total. The Kier molecular flexibility index (Phi) is 3.79. The van der Waals surface area contributed by atoms with Gasteiger partial charge in [-0.1, -0.05) is 6.92 Å². The van der Waals surface area contributed by atoms with Crippen molar-refractivity contribution in [1.82, 2.24) is 0 Å². The maximum Gasteiger partial charge on any atom is 0.294 e. The molecule has 1 unspecified atom stereocenters. The molecule has 0 heterocycles. The fourth-order valence-electron chi connectivity index (χ4n) is 1.35. The lowest BCUT2D eigenvalue weighted by atomic mass is 10.1. The molecule has 8 heteroatoms. The van der Waals surface area contributed by atoms with Gasteiger partial charge in [-0.05, 0) is 12.5 Å². The third-order valence-corrected chi connectivity index (χ3v) is 3.11. The largest absolute Gasteiger partial charge is 0.294 e. The average Bonchev–Trinajstić information content (AvgIpc) is 2.25. The van der Waals surface area contributed by atoms with Crippen LogP contribution in [-0.2, 0) is 10.1 Å². The van der Waals surface area contributed by atoms with E-state index in [9.17, 15) is 22.9 Å². The Hall–Kier alpha value is -1.54. The highest BCUT2D eigenvalue weighted by Gasteiger charge is 2.23. The van der Waals surface area contributed by atoms with Crippen LogP contribution in [0.3, 0.4) is 0 Å². The zero-order chi connectivity index (χ0) is 13.2. The minimum atomic E-state index is -4.59. The van der Waals surface area contributed by atoms with E-state index in [1.807, 2.05) is 0 Å². The lowest BCUT2D eigenvalue weighted by Gasteiger charge is -2.09. The highest BCUT2D eigenvalue weighted by atomic mass is 32.2. The van der Waals surface area contributed by atoms with Crippen molar-refractivity contribution in [1.29, 1.82) is 0 Å². The van der Waals surface area contributed by atoms with E-state index in [1.54, 1.807) is 0 Å². The predicted molar refractivity (Wildman–Crippen MR) is 57.1 cm³/mol. The second-order valence-electron chi connectivity index (χ2n) is 3.33. The maximum atomic E-state index is 13.5. The number of nitro groups is 1. The van der Waals surface area contributed by atoms with E-state index in [-0.39, 0.29) is 6.42 Å². The Morgan fingerprint density at radius 1 is 1.53 bits per heavy atom. The minimum Gasteiger partial charge on any atom is -0.282 e. The Labute approximate surface area is 97.0 Å². The number of nitrogens with zero attached hydrogens (tertiary/aromatic N) is 1. The van der Waals surface area contributed by atoms with Crippen LogP contribution in [-0.4, -0.2) is 17.9 Å². The van der Waals surface area contributed by atoms with E-state index in [1.165, 1.54) is 6.92 Å². The molecular weight excluding hydrogens is 253 g/mol. The molecule has 1 rings (SSSR count). The summed E-state index contributed by atoms with van der Waals surface area (Å²) in [6.45, 7) is 1.46. The second kappa shape index (κ2) is 4.76. The monoisotopic (exact) mass is 263 g/mol. The van der Waals surface area contributed by atoms with Gasteiger partial charge in [-0.25, -0.2) is 4.39 Å². The average molecular weight is 263 g/mol. The summed E-state index contributed by atoms with van der Waals surface area (Å²) in [7, 11) is -4.59. The quantitative estimate of drug-likeness (QED) is 0.510. The molecule has 17 heavy (non-hydrogen) atoms. The zero-order valence-electron chi connectivity index (χ0n) is 8.83. The van der Waals surface area contributed by atoms with Gasteiger partial charge in [0.2, 0.25) is 0 Å². The Morgan fingerprint density at radius 2 is 2.12 bits per heavy atom. The lowest BCUT2D eigenvalue weighted by molar-refractivity contribution is -0.385. The van der Waals surface area contributed by atoms with Crippen LogP contribution in [0, 0.1) is 10.1 Å². The molecule has 0 radical (unpaired) electrons. The molecule has 0 saturated carbocycles. The number of non-ortho nitro benzene ring substituents is 1. The van der Waals surface area contributed by atoms with Gasteiger partial charge in [0.15, 0.2) is 0 Å². The van der Waals surface area contributed by atoms with Crippen molar-refractivity contribution in [3.05, 3.63) is 33.9 Å². The number of alkyl halides is 1. The summed E-state index contributed by atoms with van der Waals surface area (Å²) >= 11 is 0. The third-order valence-electron chi connectivity index (χ3n) is 2.18. The van der Waals surface area contributed by atoms with Crippen molar-refractivity contribution in [3.63, 3.8) is 0 Å². The van der Waals surface area contributed by atoms with Crippen LogP contribution >= 0.6 is 0 Å². The molecule has 0 fully saturated rings. The number of hydrogen-bond acceptors (Lipinski definition) is 4. The highest BCUT2D eigenvalue weighted by molar-refractivity contribution is 7.85. The first-order valence-corrected chi connectivity index (χ1v) is 6.11. The molecular formula is C9H10FNO5S. The van der Waals surface area contributed by atoms with E-state index >= 15 is 0 Å². The van der Waals surface area contributed by atoms with Crippen LogP contribution in [0.4, 0.5) is 10.1 Å². The zero-order valence-corrected chi connectivity index (χ0v) is 9.65. The number of halogens is 1. The first-order chi connectivity index (χ1) is 7.77. The fraction of sp³-hybridized carbons (Fsp3) is 0.333. The minimum absolute atomic E-state index is 0.0519. The van der Waals surface area contributed by atoms with Gasteiger partial charge in [0.05, 0.1) is 4.92 Å². The smallest absolute Gasteiger partial charge is 0.282 e. The van der Waals surface area contributed by atoms with Crippen LogP contribution in [0.5, 0.6) is 0 Å². The van der Waals surface area contributed by atoms with E-state index in [0.717, 1.165) is 18.2 Å². The van der Waals surface area contributed by atoms with Gasteiger partial charge in [0.25, 0.3) is 15.8 Å². The number of hydrogen-bond donors (Lipinski definition) is 1. The molecule has 0 bridgehead atoms.